The van der Waals surface area contributed by atoms with Crippen molar-refractivity contribution in [3.05, 3.63) is 49.9 Å². The van der Waals surface area contributed by atoms with Crippen LogP contribution in [0.1, 0.15) is 30.9 Å². The first kappa shape index (κ1) is 12.1. The molecule has 0 spiro atoms. The van der Waals surface area contributed by atoms with Crippen molar-refractivity contribution in [1.82, 2.24) is 0 Å². The molecule has 0 bridgehead atoms. The zero-order valence-electron chi connectivity index (χ0n) is 9.48. The molecule has 1 aromatic carbocycles. The molecule has 1 aliphatic carbocycles. The minimum Gasteiger partial charge on any atom is -0.0556 e. The van der Waals surface area contributed by atoms with E-state index in [1.807, 2.05) is 0 Å². The molecule has 0 aliphatic heterocycles. The van der Waals surface area contributed by atoms with E-state index in [-0.39, 0.29) is 0 Å². The van der Waals surface area contributed by atoms with E-state index in [0.29, 0.717) is 0 Å². The van der Waals surface area contributed by atoms with E-state index in [4.69, 9.17) is 0 Å². The summed E-state index contributed by atoms with van der Waals surface area (Å²) < 4.78 is 2.46. The Bertz CT molecular complexity index is 482. The molecule has 0 heterocycles. The summed E-state index contributed by atoms with van der Waals surface area (Å²) in [6.45, 7) is 4.37. The van der Waals surface area contributed by atoms with Gasteiger partial charge in [-0.1, -0.05) is 37.9 Å². The van der Waals surface area contributed by atoms with Gasteiger partial charge in [0.15, 0.2) is 0 Å². The Kier molecular flexibility index (Phi) is 3.70. The van der Waals surface area contributed by atoms with E-state index in [0.717, 1.165) is 17.3 Å². The van der Waals surface area contributed by atoms with Gasteiger partial charge in [0.1, 0.15) is 0 Å². The molecule has 0 atom stereocenters. The molecule has 16 heavy (non-hydrogen) atoms. The first-order valence-electron chi connectivity index (χ1n) is 5.40. The van der Waals surface area contributed by atoms with Crippen molar-refractivity contribution in [2.45, 2.75) is 26.7 Å². The van der Waals surface area contributed by atoms with Crippen LogP contribution >= 0.6 is 31.9 Å². The van der Waals surface area contributed by atoms with Gasteiger partial charge in [0.25, 0.3) is 0 Å². The first-order valence-corrected chi connectivity index (χ1v) is 6.99. The van der Waals surface area contributed by atoms with Crippen molar-refractivity contribution in [2.75, 3.05) is 0 Å². The molecule has 0 nitrogen and oxygen atoms in total. The minimum atomic E-state index is 1.11. The molecule has 0 radical (unpaired) electrons. The summed E-state index contributed by atoms with van der Waals surface area (Å²) >= 11 is 7.09. The third kappa shape index (κ3) is 2.49. The Morgan fingerprint density at radius 2 is 1.81 bits per heavy atom. The zero-order valence-corrected chi connectivity index (χ0v) is 12.7. The minimum absolute atomic E-state index is 1.11. The number of benzene rings is 1. The number of halogens is 2. The molecular weight excluding hydrogens is 328 g/mol. The summed E-state index contributed by atoms with van der Waals surface area (Å²) in [5.41, 5.74) is 5.59. The van der Waals surface area contributed by atoms with E-state index < -0.39 is 0 Å². The predicted octanol–water partition coefficient (Wildman–Crippen LogP) is 5.60. The maximum Gasteiger partial charge on any atom is 0.0178 e. The van der Waals surface area contributed by atoms with Gasteiger partial charge in [0, 0.05) is 4.47 Å². The predicted molar refractivity (Wildman–Crippen MR) is 77.7 cm³/mol. The molecule has 0 aromatic heterocycles. The normalized spacial score (nSPS) is 16.4. The van der Waals surface area contributed by atoms with Crippen molar-refractivity contribution >= 4 is 37.4 Å². The number of hydrogen-bond donors (Lipinski definition) is 0. The summed E-state index contributed by atoms with van der Waals surface area (Å²) in [7, 11) is 0. The van der Waals surface area contributed by atoms with Crippen LogP contribution in [0.15, 0.2) is 38.8 Å². The van der Waals surface area contributed by atoms with Crippen LogP contribution in [-0.2, 0) is 0 Å². The van der Waals surface area contributed by atoms with Crippen LogP contribution in [0.4, 0.5) is 0 Å². The number of rotatable bonds is 1. The smallest absolute Gasteiger partial charge is 0.0178 e. The topological polar surface area (TPSA) is 0 Å². The zero-order chi connectivity index (χ0) is 11.7. The molecule has 2 heteroatoms. The van der Waals surface area contributed by atoms with Crippen molar-refractivity contribution in [1.29, 1.82) is 0 Å². The van der Waals surface area contributed by atoms with Gasteiger partial charge >= 0.3 is 0 Å². The highest BCUT2D eigenvalue weighted by Crippen LogP contribution is 2.35. The second-order valence-corrected chi connectivity index (χ2v) is 6.15. The number of allylic oxidation sites excluding steroid dienone is 4. The Labute approximate surface area is 114 Å². The second kappa shape index (κ2) is 4.89. The van der Waals surface area contributed by atoms with Crippen LogP contribution in [0, 0.1) is 6.92 Å². The van der Waals surface area contributed by atoms with E-state index in [9.17, 15) is 0 Å². The molecule has 1 aliphatic rings. The van der Waals surface area contributed by atoms with Crippen LogP contribution < -0.4 is 0 Å². The largest absolute Gasteiger partial charge is 0.0556 e. The van der Waals surface area contributed by atoms with Gasteiger partial charge in [-0.2, -0.15) is 0 Å². The van der Waals surface area contributed by atoms with Crippen LogP contribution in [0.25, 0.3) is 5.57 Å². The SMILES string of the molecule is CC1=C(c2ccc(Br)cc2C)CCC(Br)=C1. The summed E-state index contributed by atoms with van der Waals surface area (Å²) in [6.07, 6.45) is 4.48. The van der Waals surface area contributed by atoms with Crippen molar-refractivity contribution < 1.29 is 0 Å². The highest BCUT2D eigenvalue weighted by Gasteiger charge is 2.12. The molecule has 2 rings (SSSR count). The maximum absolute atomic E-state index is 3.58. The van der Waals surface area contributed by atoms with Gasteiger partial charge in [-0.05, 0) is 71.7 Å². The highest BCUT2D eigenvalue weighted by atomic mass is 79.9. The fourth-order valence-electron chi connectivity index (χ4n) is 2.15. The van der Waals surface area contributed by atoms with Gasteiger partial charge < -0.3 is 0 Å². The Balaban J connectivity index is 2.49. The summed E-state index contributed by atoms with van der Waals surface area (Å²) in [5, 5.41) is 0. The van der Waals surface area contributed by atoms with Crippen LogP contribution in [-0.4, -0.2) is 0 Å². The van der Waals surface area contributed by atoms with Crippen LogP contribution in [0.5, 0.6) is 0 Å². The number of aryl methyl sites for hydroxylation is 1. The Hall–Kier alpha value is -0.340. The summed E-state index contributed by atoms with van der Waals surface area (Å²) in [6, 6.07) is 6.52. The second-order valence-electron chi connectivity index (χ2n) is 4.21. The molecule has 84 valence electrons. The van der Waals surface area contributed by atoms with Gasteiger partial charge in [0.05, 0.1) is 0 Å². The molecule has 0 saturated carbocycles. The van der Waals surface area contributed by atoms with Crippen LogP contribution in [0.3, 0.4) is 0 Å². The Morgan fingerprint density at radius 3 is 2.44 bits per heavy atom. The molecule has 0 amide bonds. The van der Waals surface area contributed by atoms with Gasteiger partial charge in [0.2, 0.25) is 0 Å². The third-order valence-electron chi connectivity index (χ3n) is 2.98. The Morgan fingerprint density at radius 1 is 1.06 bits per heavy atom. The van der Waals surface area contributed by atoms with Gasteiger partial charge in [-0.3, -0.25) is 0 Å². The van der Waals surface area contributed by atoms with Crippen molar-refractivity contribution in [2.24, 2.45) is 0 Å². The van der Waals surface area contributed by atoms with Gasteiger partial charge in [-0.25, -0.2) is 0 Å². The molecule has 0 saturated heterocycles. The lowest BCUT2D eigenvalue weighted by atomic mass is 9.90. The van der Waals surface area contributed by atoms with Crippen molar-refractivity contribution in [3.63, 3.8) is 0 Å². The monoisotopic (exact) mass is 340 g/mol. The lowest BCUT2D eigenvalue weighted by molar-refractivity contribution is 1.02. The van der Waals surface area contributed by atoms with E-state index >= 15 is 0 Å². The average molecular weight is 342 g/mol. The van der Waals surface area contributed by atoms with Gasteiger partial charge in [-0.15, -0.1) is 0 Å². The average Bonchev–Trinajstić information content (AvgIpc) is 2.19. The number of hydrogen-bond acceptors (Lipinski definition) is 0. The lowest BCUT2D eigenvalue weighted by Crippen LogP contribution is -1.96. The fourth-order valence-corrected chi connectivity index (χ4v) is 3.17. The molecule has 0 fully saturated rings. The molecule has 0 N–H and O–H groups in total. The van der Waals surface area contributed by atoms with Crippen molar-refractivity contribution in [3.8, 4) is 0 Å². The lowest BCUT2D eigenvalue weighted by Gasteiger charge is -2.17. The fraction of sp³-hybridized carbons (Fsp3) is 0.286. The van der Waals surface area contributed by atoms with Crippen LogP contribution in [0.2, 0.25) is 0 Å². The quantitative estimate of drug-likeness (QED) is 0.623. The highest BCUT2D eigenvalue weighted by molar-refractivity contribution is 9.11. The molecule has 0 unspecified atom stereocenters. The molecule has 1 aromatic rings. The molecular formula is C14H14Br2. The third-order valence-corrected chi connectivity index (χ3v) is 4.10. The van der Waals surface area contributed by atoms with E-state index in [1.165, 1.54) is 26.8 Å². The maximum atomic E-state index is 3.58. The van der Waals surface area contributed by atoms with E-state index in [2.05, 4.69) is 70.0 Å². The standard InChI is InChI=1S/C14H14Br2/c1-9-7-11(15)3-5-13(9)14-6-4-12(16)8-10(14)2/h3,5,7-8H,4,6H2,1-2H3. The summed E-state index contributed by atoms with van der Waals surface area (Å²) in [4.78, 5) is 0. The van der Waals surface area contributed by atoms with E-state index in [1.54, 1.807) is 0 Å². The summed E-state index contributed by atoms with van der Waals surface area (Å²) in [5.74, 6) is 0. The first-order chi connectivity index (χ1) is 7.58.